The van der Waals surface area contributed by atoms with Crippen molar-refractivity contribution in [2.24, 2.45) is 5.92 Å². The van der Waals surface area contributed by atoms with Crippen LogP contribution in [0.15, 0.2) is 0 Å². The molecule has 1 aliphatic carbocycles. The summed E-state index contributed by atoms with van der Waals surface area (Å²) >= 11 is 0. The van der Waals surface area contributed by atoms with Gasteiger partial charge in [0.15, 0.2) is 0 Å². The minimum absolute atomic E-state index is 0.392. The highest BCUT2D eigenvalue weighted by Gasteiger charge is 2.24. The van der Waals surface area contributed by atoms with Gasteiger partial charge in [0.05, 0.1) is 6.10 Å². The monoisotopic (exact) mass is 243 g/mol. The molecular formula is C13H25NO3. The van der Waals surface area contributed by atoms with Crippen molar-refractivity contribution < 1.29 is 15.0 Å². The van der Waals surface area contributed by atoms with Crippen LogP contribution in [-0.4, -0.2) is 46.8 Å². The van der Waals surface area contributed by atoms with Gasteiger partial charge in [-0.15, -0.1) is 0 Å². The average Bonchev–Trinajstić information content (AvgIpc) is 2.70. The van der Waals surface area contributed by atoms with Gasteiger partial charge < -0.3 is 10.2 Å². The van der Waals surface area contributed by atoms with Crippen LogP contribution in [0, 0.1) is 5.92 Å². The molecule has 2 atom stereocenters. The van der Waals surface area contributed by atoms with Crippen LogP contribution in [0.2, 0.25) is 0 Å². The van der Waals surface area contributed by atoms with Gasteiger partial charge in [0, 0.05) is 6.54 Å². The largest absolute Gasteiger partial charge is 0.480 e. The van der Waals surface area contributed by atoms with Crippen LogP contribution < -0.4 is 0 Å². The Morgan fingerprint density at radius 2 is 2.00 bits per heavy atom. The summed E-state index contributed by atoms with van der Waals surface area (Å²) in [4.78, 5) is 12.7. The van der Waals surface area contributed by atoms with Crippen LogP contribution in [0.25, 0.3) is 0 Å². The zero-order valence-corrected chi connectivity index (χ0v) is 10.9. The predicted octanol–water partition coefficient (Wildman–Crippen LogP) is 1.72. The first kappa shape index (κ1) is 14.5. The molecule has 17 heavy (non-hydrogen) atoms. The molecule has 0 heterocycles. The van der Waals surface area contributed by atoms with Crippen molar-refractivity contribution in [3.8, 4) is 0 Å². The molecule has 0 radical (unpaired) electrons. The number of carbonyl (C=O) groups is 1. The summed E-state index contributed by atoms with van der Waals surface area (Å²) in [6.45, 7) is 2.32. The number of carboxylic acids is 1. The Morgan fingerprint density at radius 3 is 2.47 bits per heavy atom. The molecule has 1 saturated carbocycles. The van der Waals surface area contributed by atoms with E-state index in [0.29, 0.717) is 18.9 Å². The molecule has 0 spiro atoms. The highest BCUT2D eigenvalue weighted by atomic mass is 16.4. The number of aliphatic hydroxyl groups excluding tert-OH is 1. The number of aliphatic carboxylic acids is 1. The highest BCUT2D eigenvalue weighted by molar-refractivity contribution is 5.73. The third-order valence-electron chi connectivity index (χ3n) is 3.78. The van der Waals surface area contributed by atoms with Crippen LogP contribution in [-0.2, 0) is 4.79 Å². The normalized spacial score (nSPS) is 20.7. The van der Waals surface area contributed by atoms with Gasteiger partial charge in [0.25, 0.3) is 0 Å². The van der Waals surface area contributed by atoms with Gasteiger partial charge in [-0.25, -0.2) is 0 Å². The molecule has 2 N–H and O–H groups in total. The lowest BCUT2D eigenvalue weighted by Crippen LogP contribution is -2.42. The maximum absolute atomic E-state index is 11.0. The molecule has 0 aromatic heterocycles. The second-order valence-corrected chi connectivity index (χ2v) is 5.24. The molecular weight excluding hydrogens is 218 g/mol. The highest BCUT2D eigenvalue weighted by Crippen LogP contribution is 2.28. The fraction of sp³-hybridized carbons (Fsp3) is 0.923. The first-order chi connectivity index (χ1) is 8.04. The molecule has 0 amide bonds. The van der Waals surface area contributed by atoms with Crippen molar-refractivity contribution in [2.45, 2.75) is 57.6 Å². The minimum Gasteiger partial charge on any atom is -0.480 e. The number of rotatable bonds is 7. The van der Waals surface area contributed by atoms with Crippen molar-refractivity contribution >= 4 is 5.97 Å². The van der Waals surface area contributed by atoms with Gasteiger partial charge in [-0.05, 0) is 25.8 Å². The maximum Gasteiger partial charge on any atom is 0.320 e. The van der Waals surface area contributed by atoms with Crippen molar-refractivity contribution in [1.29, 1.82) is 0 Å². The van der Waals surface area contributed by atoms with E-state index in [9.17, 15) is 9.90 Å². The number of carboxylic acid groups (broad SMARTS) is 1. The van der Waals surface area contributed by atoms with Crippen LogP contribution >= 0.6 is 0 Å². The van der Waals surface area contributed by atoms with E-state index < -0.39 is 18.1 Å². The summed E-state index contributed by atoms with van der Waals surface area (Å²) in [6.07, 6.45) is 5.99. The Balaban J connectivity index is 2.32. The maximum atomic E-state index is 11.0. The second-order valence-electron chi connectivity index (χ2n) is 5.24. The fourth-order valence-corrected chi connectivity index (χ4v) is 2.84. The fourth-order valence-electron chi connectivity index (χ4n) is 2.84. The number of nitrogens with zero attached hydrogens (tertiary/aromatic N) is 1. The van der Waals surface area contributed by atoms with Gasteiger partial charge in [-0.1, -0.05) is 32.6 Å². The molecule has 1 fully saturated rings. The van der Waals surface area contributed by atoms with E-state index >= 15 is 0 Å². The van der Waals surface area contributed by atoms with E-state index in [-0.39, 0.29) is 0 Å². The van der Waals surface area contributed by atoms with Gasteiger partial charge in [-0.2, -0.15) is 0 Å². The molecule has 2 unspecified atom stereocenters. The Labute approximate surface area is 104 Å². The molecule has 0 aliphatic heterocycles. The number of hydrogen-bond acceptors (Lipinski definition) is 3. The molecule has 1 aliphatic rings. The second kappa shape index (κ2) is 6.97. The smallest absolute Gasteiger partial charge is 0.320 e. The average molecular weight is 243 g/mol. The summed E-state index contributed by atoms with van der Waals surface area (Å²) in [5, 5.41) is 19.0. The molecule has 0 saturated heterocycles. The first-order valence-corrected chi connectivity index (χ1v) is 6.65. The Kier molecular flexibility index (Phi) is 5.92. The molecule has 0 aromatic rings. The lowest BCUT2D eigenvalue weighted by molar-refractivity contribution is -0.143. The number of likely N-dealkylation sites (N-methyl/N-ethyl adjacent to an activating group) is 1. The van der Waals surface area contributed by atoms with Crippen LogP contribution in [0.1, 0.15) is 45.4 Å². The van der Waals surface area contributed by atoms with Crippen molar-refractivity contribution in [3.05, 3.63) is 0 Å². The summed E-state index contributed by atoms with van der Waals surface area (Å²) < 4.78 is 0. The van der Waals surface area contributed by atoms with E-state index in [2.05, 4.69) is 0 Å². The van der Waals surface area contributed by atoms with Gasteiger partial charge in [-0.3, -0.25) is 9.69 Å². The van der Waals surface area contributed by atoms with Gasteiger partial charge in [0.1, 0.15) is 6.04 Å². The quantitative estimate of drug-likeness (QED) is 0.715. The van der Waals surface area contributed by atoms with Crippen molar-refractivity contribution in [1.82, 2.24) is 4.90 Å². The van der Waals surface area contributed by atoms with E-state index in [1.807, 2.05) is 6.92 Å². The van der Waals surface area contributed by atoms with Crippen LogP contribution in [0.4, 0.5) is 0 Å². The third-order valence-corrected chi connectivity index (χ3v) is 3.78. The zero-order valence-electron chi connectivity index (χ0n) is 10.9. The lowest BCUT2D eigenvalue weighted by Gasteiger charge is -2.26. The van der Waals surface area contributed by atoms with Gasteiger partial charge in [0.2, 0.25) is 0 Å². The minimum atomic E-state index is -0.803. The lowest BCUT2D eigenvalue weighted by atomic mass is 9.99. The standard InChI is InChI=1S/C13H25NO3/c1-3-12(13(16)17)14(2)9-11(15)8-10-6-4-5-7-10/h10-12,15H,3-9H2,1-2H3,(H,16,17). The van der Waals surface area contributed by atoms with Gasteiger partial charge >= 0.3 is 5.97 Å². The van der Waals surface area contributed by atoms with Crippen LogP contribution in [0.3, 0.4) is 0 Å². The van der Waals surface area contributed by atoms with Crippen molar-refractivity contribution in [3.63, 3.8) is 0 Å². The summed E-state index contributed by atoms with van der Waals surface area (Å²) in [5.41, 5.74) is 0. The van der Waals surface area contributed by atoms with E-state index in [1.54, 1.807) is 11.9 Å². The Morgan fingerprint density at radius 1 is 1.41 bits per heavy atom. The Hall–Kier alpha value is -0.610. The molecule has 4 nitrogen and oxygen atoms in total. The summed E-state index contributed by atoms with van der Waals surface area (Å²) in [7, 11) is 1.78. The summed E-state index contributed by atoms with van der Waals surface area (Å²) in [5.74, 6) is -0.161. The third kappa shape index (κ3) is 4.64. The van der Waals surface area contributed by atoms with E-state index in [0.717, 1.165) is 6.42 Å². The first-order valence-electron chi connectivity index (χ1n) is 6.65. The molecule has 4 heteroatoms. The topological polar surface area (TPSA) is 60.8 Å². The molecule has 1 rings (SSSR count). The number of hydrogen-bond donors (Lipinski definition) is 2. The summed E-state index contributed by atoms with van der Waals surface area (Å²) in [6, 6.07) is -0.478. The predicted molar refractivity (Wildman–Crippen MR) is 66.9 cm³/mol. The van der Waals surface area contributed by atoms with E-state index in [1.165, 1.54) is 25.7 Å². The molecule has 100 valence electrons. The Bertz CT molecular complexity index is 239. The van der Waals surface area contributed by atoms with E-state index in [4.69, 9.17) is 5.11 Å². The zero-order chi connectivity index (χ0) is 12.8. The SMILES string of the molecule is CCC(C(=O)O)N(C)CC(O)CC1CCCC1. The molecule has 0 aromatic carbocycles. The molecule has 0 bridgehead atoms. The van der Waals surface area contributed by atoms with Crippen LogP contribution in [0.5, 0.6) is 0 Å². The van der Waals surface area contributed by atoms with Crippen molar-refractivity contribution in [2.75, 3.05) is 13.6 Å². The number of aliphatic hydroxyl groups is 1.